The van der Waals surface area contributed by atoms with Crippen LogP contribution in [0.4, 0.5) is 0 Å². The highest BCUT2D eigenvalue weighted by atomic mass is 32.1. The minimum Gasteiger partial charge on any atom is -0.361 e. The normalized spacial score (nSPS) is 18.5. The molecule has 3 rings (SSSR count). The van der Waals surface area contributed by atoms with Crippen LogP contribution in [0, 0.1) is 6.92 Å². The maximum Gasteiger partial charge on any atom is 0.133 e. The fraction of sp³-hybridized carbons (Fsp3) is 0.571. The smallest absolute Gasteiger partial charge is 0.133 e. The molecule has 102 valence electrons. The number of rotatable bonds is 4. The van der Waals surface area contributed by atoms with Crippen LogP contribution in [0.25, 0.3) is 0 Å². The van der Waals surface area contributed by atoms with Crippen molar-refractivity contribution in [3.8, 4) is 0 Å². The third-order valence-corrected chi connectivity index (χ3v) is 4.86. The van der Waals surface area contributed by atoms with Crippen LogP contribution in [-0.2, 0) is 19.4 Å². The van der Waals surface area contributed by atoms with Crippen molar-refractivity contribution in [2.75, 3.05) is 0 Å². The van der Waals surface area contributed by atoms with Crippen molar-refractivity contribution < 1.29 is 4.52 Å². The molecule has 1 aliphatic carbocycles. The van der Waals surface area contributed by atoms with Crippen LogP contribution in [0.5, 0.6) is 0 Å². The molecule has 1 aliphatic rings. The minimum absolute atomic E-state index is 0.429. The highest BCUT2D eigenvalue weighted by Gasteiger charge is 2.24. The molecule has 4 nitrogen and oxygen atoms in total. The first kappa shape index (κ1) is 12.8. The van der Waals surface area contributed by atoms with Gasteiger partial charge in [-0.3, -0.25) is 0 Å². The Morgan fingerprint density at radius 1 is 1.53 bits per heavy atom. The molecule has 19 heavy (non-hydrogen) atoms. The quantitative estimate of drug-likeness (QED) is 0.932. The summed E-state index contributed by atoms with van der Waals surface area (Å²) in [7, 11) is 0. The van der Waals surface area contributed by atoms with Crippen molar-refractivity contribution in [2.45, 2.75) is 52.1 Å². The Bertz CT molecular complexity index is 561. The van der Waals surface area contributed by atoms with Gasteiger partial charge in [0.1, 0.15) is 5.76 Å². The molecule has 0 bridgehead atoms. The Balaban J connectivity index is 1.71. The van der Waals surface area contributed by atoms with Crippen molar-refractivity contribution in [2.24, 2.45) is 0 Å². The van der Waals surface area contributed by atoms with Crippen LogP contribution in [0.1, 0.15) is 52.8 Å². The predicted molar refractivity (Wildman–Crippen MR) is 75.3 cm³/mol. The van der Waals surface area contributed by atoms with Crippen molar-refractivity contribution >= 4 is 11.3 Å². The fourth-order valence-electron chi connectivity index (χ4n) is 2.55. The maximum atomic E-state index is 5.10. The molecule has 0 aromatic carbocycles. The predicted octanol–water partition coefficient (Wildman–Crippen LogP) is 3.17. The SMILES string of the molecule is CCc1nc2c(s1)C(NCc1cc(C)on1)CCC2. The summed E-state index contributed by atoms with van der Waals surface area (Å²) in [6.45, 7) is 4.86. The number of nitrogens with one attached hydrogen (secondary N) is 1. The standard InChI is InChI=1S/C14H19N3OS/c1-3-13-16-12-6-4-5-11(14(12)19-13)15-8-10-7-9(2)18-17-10/h7,11,15H,3-6,8H2,1-2H3. The average molecular weight is 277 g/mol. The molecule has 5 heteroatoms. The summed E-state index contributed by atoms with van der Waals surface area (Å²) in [6, 6.07) is 2.42. The molecule has 2 aromatic rings. The van der Waals surface area contributed by atoms with Crippen LogP contribution in [-0.4, -0.2) is 10.1 Å². The number of thiazole rings is 1. The molecule has 0 amide bonds. The molecule has 0 spiro atoms. The highest BCUT2D eigenvalue weighted by Crippen LogP contribution is 2.34. The molecular formula is C14H19N3OS. The second-order valence-electron chi connectivity index (χ2n) is 5.03. The first-order valence-electron chi connectivity index (χ1n) is 6.90. The number of nitrogens with zero attached hydrogens (tertiary/aromatic N) is 2. The van der Waals surface area contributed by atoms with Crippen molar-refractivity contribution in [1.29, 1.82) is 0 Å². The van der Waals surface area contributed by atoms with E-state index in [9.17, 15) is 0 Å². The number of aromatic nitrogens is 2. The number of aryl methyl sites for hydroxylation is 3. The summed E-state index contributed by atoms with van der Waals surface area (Å²) in [6.07, 6.45) is 4.57. The van der Waals surface area contributed by atoms with Gasteiger partial charge in [0.15, 0.2) is 0 Å². The van der Waals surface area contributed by atoms with E-state index in [4.69, 9.17) is 9.51 Å². The van der Waals surface area contributed by atoms with E-state index in [1.165, 1.54) is 28.4 Å². The van der Waals surface area contributed by atoms with Crippen molar-refractivity contribution in [1.82, 2.24) is 15.5 Å². The van der Waals surface area contributed by atoms with Gasteiger partial charge in [-0.1, -0.05) is 12.1 Å². The van der Waals surface area contributed by atoms with Gasteiger partial charge in [0, 0.05) is 23.5 Å². The summed E-state index contributed by atoms with van der Waals surface area (Å²) in [5.74, 6) is 0.868. The van der Waals surface area contributed by atoms with Gasteiger partial charge >= 0.3 is 0 Å². The van der Waals surface area contributed by atoms with Crippen LogP contribution >= 0.6 is 11.3 Å². The summed E-state index contributed by atoms with van der Waals surface area (Å²) >= 11 is 1.87. The lowest BCUT2D eigenvalue weighted by Gasteiger charge is -2.21. The Labute approximate surface area is 117 Å². The van der Waals surface area contributed by atoms with Gasteiger partial charge in [-0.05, 0) is 32.6 Å². The van der Waals surface area contributed by atoms with Crippen LogP contribution < -0.4 is 5.32 Å². The van der Waals surface area contributed by atoms with Gasteiger partial charge in [-0.2, -0.15) is 0 Å². The van der Waals surface area contributed by atoms with Gasteiger partial charge in [0.05, 0.1) is 16.4 Å². The molecule has 0 aliphatic heterocycles. The third kappa shape index (κ3) is 2.72. The van der Waals surface area contributed by atoms with E-state index >= 15 is 0 Å². The number of hydrogen-bond acceptors (Lipinski definition) is 5. The lowest BCUT2D eigenvalue weighted by molar-refractivity contribution is 0.382. The largest absolute Gasteiger partial charge is 0.361 e. The van der Waals surface area contributed by atoms with E-state index < -0.39 is 0 Å². The Hall–Kier alpha value is -1.20. The second-order valence-corrected chi connectivity index (χ2v) is 6.14. The van der Waals surface area contributed by atoms with Gasteiger partial charge in [0.2, 0.25) is 0 Å². The number of hydrogen-bond donors (Lipinski definition) is 1. The molecular weight excluding hydrogens is 258 g/mol. The Morgan fingerprint density at radius 2 is 2.42 bits per heavy atom. The lowest BCUT2D eigenvalue weighted by Crippen LogP contribution is -2.23. The zero-order valence-corrected chi connectivity index (χ0v) is 12.2. The first-order valence-corrected chi connectivity index (χ1v) is 7.72. The third-order valence-electron chi connectivity index (χ3n) is 3.50. The monoisotopic (exact) mass is 277 g/mol. The molecule has 0 saturated carbocycles. The Kier molecular flexibility index (Phi) is 3.66. The van der Waals surface area contributed by atoms with E-state index in [-0.39, 0.29) is 0 Å². The summed E-state index contributed by atoms with van der Waals surface area (Å²) in [5.41, 5.74) is 2.28. The maximum absolute atomic E-state index is 5.10. The van der Waals surface area contributed by atoms with Gasteiger partial charge < -0.3 is 9.84 Å². The lowest BCUT2D eigenvalue weighted by atomic mass is 9.98. The first-order chi connectivity index (χ1) is 9.26. The second kappa shape index (κ2) is 5.43. The van der Waals surface area contributed by atoms with Gasteiger partial charge in [0.25, 0.3) is 0 Å². The van der Waals surface area contributed by atoms with E-state index in [0.29, 0.717) is 6.04 Å². The van der Waals surface area contributed by atoms with E-state index in [1.807, 2.05) is 24.3 Å². The molecule has 2 heterocycles. The average Bonchev–Trinajstić information content (AvgIpc) is 3.02. The zero-order valence-electron chi connectivity index (χ0n) is 11.4. The van der Waals surface area contributed by atoms with Crippen molar-refractivity contribution in [3.63, 3.8) is 0 Å². The molecule has 1 atom stereocenters. The van der Waals surface area contributed by atoms with Crippen molar-refractivity contribution in [3.05, 3.63) is 33.1 Å². The van der Waals surface area contributed by atoms with Crippen LogP contribution in [0.3, 0.4) is 0 Å². The van der Waals surface area contributed by atoms with E-state index in [2.05, 4.69) is 17.4 Å². The minimum atomic E-state index is 0.429. The summed E-state index contributed by atoms with van der Waals surface area (Å²) in [4.78, 5) is 6.16. The Morgan fingerprint density at radius 3 is 3.16 bits per heavy atom. The summed E-state index contributed by atoms with van der Waals surface area (Å²) < 4.78 is 5.10. The molecule has 0 fully saturated rings. The summed E-state index contributed by atoms with van der Waals surface area (Å²) in [5, 5.41) is 8.88. The zero-order chi connectivity index (χ0) is 13.2. The molecule has 1 N–H and O–H groups in total. The molecule has 2 aromatic heterocycles. The van der Waals surface area contributed by atoms with E-state index in [1.54, 1.807) is 0 Å². The topological polar surface area (TPSA) is 51.0 Å². The van der Waals surface area contributed by atoms with Crippen LogP contribution in [0.2, 0.25) is 0 Å². The molecule has 1 unspecified atom stereocenters. The molecule has 0 radical (unpaired) electrons. The molecule has 0 saturated heterocycles. The highest BCUT2D eigenvalue weighted by molar-refractivity contribution is 7.11. The van der Waals surface area contributed by atoms with Gasteiger partial charge in [-0.25, -0.2) is 4.98 Å². The van der Waals surface area contributed by atoms with Gasteiger partial charge in [-0.15, -0.1) is 11.3 Å². The van der Waals surface area contributed by atoms with Crippen LogP contribution in [0.15, 0.2) is 10.6 Å². The van der Waals surface area contributed by atoms with E-state index in [0.717, 1.165) is 30.8 Å². The number of fused-ring (bicyclic) bond motifs is 1. The fourth-order valence-corrected chi connectivity index (χ4v) is 3.71.